The monoisotopic (exact) mass is 276 g/mol. The van der Waals surface area contributed by atoms with Gasteiger partial charge in [-0.25, -0.2) is 0 Å². The first-order chi connectivity index (χ1) is 8.67. The molecular weight excluding hydrogens is 248 g/mol. The fraction of sp³-hybridized carbons (Fsp3) is 1.00. The number of hydrogen-bond acceptors (Lipinski definition) is 5. The van der Waals surface area contributed by atoms with Crippen LogP contribution in [-0.4, -0.2) is 53.1 Å². The fourth-order valence-electron chi connectivity index (χ4n) is 2.36. The van der Waals surface area contributed by atoms with E-state index in [2.05, 4.69) is 0 Å². The summed E-state index contributed by atoms with van der Waals surface area (Å²) in [5.74, 6) is -0.698. The Labute approximate surface area is 115 Å². The summed E-state index contributed by atoms with van der Waals surface area (Å²) in [6.07, 6.45) is 0.125. The molecule has 1 saturated heterocycles. The highest BCUT2D eigenvalue weighted by molar-refractivity contribution is 4.84. The first kappa shape index (κ1) is 16.9. The molecule has 0 radical (unpaired) electrons. The molecule has 0 saturated carbocycles. The quantitative estimate of drug-likeness (QED) is 0.768. The highest BCUT2D eigenvalue weighted by Crippen LogP contribution is 2.28. The van der Waals surface area contributed by atoms with Crippen LogP contribution in [0.25, 0.3) is 0 Å². The second-order valence-electron chi connectivity index (χ2n) is 6.27. The van der Waals surface area contributed by atoms with Crippen LogP contribution in [0.15, 0.2) is 0 Å². The van der Waals surface area contributed by atoms with Crippen molar-refractivity contribution in [3.05, 3.63) is 0 Å². The van der Waals surface area contributed by atoms with Gasteiger partial charge in [-0.2, -0.15) is 0 Å². The maximum Gasteiger partial charge on any atom is 0.163 e. The molecule has 3 atom stereocenters. The van der Waals surface area contributed by atoms with Gasteiger partial charge >= 0.3 is 0 Å². The summed E-state index contributed by atoms with van der Waals surface area (Å²) < 4.78 is 17.1. The van der Waals surface area contributed by atoms with Crippen molar-refractivity contribution in [3.63, 3.8) is 0 Å². The molecule has 1 rings (SSSR count). The lowest BCUT2D eigenvalue weighted by Crippen LogP contribution is -2.54. The molecule has 1 heterocycles. The minimum absolute atomic E-state index is 0.157. The molecule has 1 aliphatic heterocycles. The Kier molecular flexibility index (Phi) is 5.77. The average molecular weight is 276 g/mol. The highest BCUT2D eigenvalue weighted by atomic mass is 16.7. The van der Waals surface area contributed by atoms with E-state index in [-0.39, 0.29) is 24.9 Å². The zero-order chi connectivity index (χ0) is 14.7. The van der Waals surface area contributed by atoms with E-state index in [4.69, 9.17) is 19.3 Å². The second kappa shape index (κ2) is 6.50. The molecule has 1 aliphatic rings. The van der Waals surface area contributed by atoms with E-state index in [9.17, 15) is 5.11 Å². The minimum Gasteiger partial charge on any atom is -0.396 e. The largest absolute Gasteiger partial charge is 0.396 e. The van der Waals surface area contributed by atoms with Gasteiger partial charge in [-0.15, -0.1) is 0 Å². The summed E-state index contributed by atoms with van der Waals surface area (Å²) >= 11 is 0. The van der Waals surface area contributed by atoms with Gasteiger partial charge in [0.2, 0.25) is 0 Å². The van der Waals surface area contributed by atoms with Crippen molar-refractivity contribution in [1.82, 2.24) is 0 Å². The topological polar surface area (TPSA) is 68.2 Å². The Balaban J connectivity index is 2.58. The molecule has 0 spiro atoms. The van der Waals surface area contributed by atoms with Crippen LogP contribution in [0.1, 0.15) is 47.5 Å². The normalized spacial score (nSPS) is 29.2. The van der Waals surface area contributed by atoms with Crippen molar-refractivity contribution < 1.29 is 24.4 Å². The van der Waals surface area contributed by atoms with Crippen LogP contribution in [-0.2, 0) is 14.2 Å². The van der Waals surface area contributed by atoms with E-state index in [1.54, 1.807) is 0 Å². The predicted molar refractivity (Wildman–Crippen MR) is 71.9 cm³/mol. The molecule has 114 valence electrons. The number of ether oxygens (including phenoxy) is 3. The lowest BCUT2D eigenvalue weighted by Gasteiger charge is -2.43. The lowest BCUT2D eigenvalue weighted by molar-refractivity contribution is -0.325. The molecule has 2 unspecified atom stereocenters. The minimum atomic E-state index is -0.698. The summed E-state index contributed by atoms with van der Waals surface area (Å²) in [6.45, 7) is 9.93. The Morgan fingerprint density at radius 1 is 1.42 bits per heavy atom. The van der Waals surface area contributed by atoms with Gasteiger partial charge in [0.1, 0.15) is 12.2 Å². The van der Waals surface area contributed by atoms with Gasteiger partial charge in [-0.05, 0) is 47.5 Å². The summed E-state index contributed by atoms with van der Waals surface area (Å²) in [5, 5.41) is 18.9. The Morgan fingerprint density at radius 2 is 2.05 bits per heavy atom. The standard InChI is InChI=1S/C14H28O5/c1-10(18-13(2,3)7-6-8-15)12-11(16)9-17-14(4,5)19-12/h10-12,15-16H,6-9H2,1-5H3/t10?,11?,12-/m0/s1. The maximum absolute atomic E-state index is 9.97. The molecule has 0 aromatic carbocycles. The summed E-state index contributed by atoms with van der Waals surface area (Å²) in [6, 6.07) is 0. The van der Waals surface area contributed by atoms with Gasteiger partial charge in [0, 0.05) is 6.61 Å². The summed E-state index contributed by atoms with van der Waals surface area (Å²) in [7, 11) is 0. The van der Waals surface area contributed by atoms with Gasteiger partial charge in [-0.1, -0.05) is 0 Å². The zero-order valence-electron chi connectivity index (χ0n) is 12.7. The first-order valence-corrected chi connectivity index (χ1v) is 6.95. The molecule has 0 aromatic rings. The molecule has 2 N–H and O–H groups in total. The van der Waals surface area contributed by atoms with Crippen molar-refractivity contribution in [2.75, 3.05) is 13.2 Å². The third-order valence-corrected chi connectivity index (χ3v) is 3.31. The molecule has 0 aromatic heterocycles. The molecule has 0 amide bonds. The number of aliphatic hydroxyl groups excluding tert-OH is 2. The number of aliphatic hydroxyl groups is 2. The Hall–Kier alpha value is -0.200. The van der Waals surface area contributed by atoms with Crippen LogP contribution in [0.4, 0.5) is 0 Å². The molecule has 5 heteroatoms. The van der Waals surface area contributed by atoms with Crippen molar-refractivity contribution in [2.24, 2.45) is 0 Å². The smallest absolute Gasteiger partial charge is 0.163 e. The molecule has 0 bridgehead atoms. The van der Waals surface area contributed by atoms with Gasteiger partial charge < -0.3 is 24.4 Å². The van der Waals surface area contributed by atoms with Crippen molar-refractivity contribution >= 4 is 0 Å². The SMILES string of the molecule is CC(OC(C)(C)CCCO)[C@@H]1OC(C)(C)OCC1O. The van der Waals surface area contributed by atoms with Gasteiger partial charge in [0.15, 0.2) is 5.79 Å². The van der Waals surface area contributed by atoms with Crippen LogP contribution in [0.2, 0.25) is 0 Å². The Morgan fingerprint density at radius 3 is 2.63 bits per heavy atom. The van der Waals surface area contributed by atoms with Crippen molar-refractivity contribution in [3.8, 4) is 0 Å². The van der Waals surface area contributed by atoms with E-state index in [0.717, 1.165) is 6.42 Å². The van der Waals surface area contributed by atoms with Crippen molar-refractivity contribution in [2.45, 2.75) is 77.2 Å². The van der Waals surface area contributed by atoms with E-state index in [0.29, 0.717) is 6.42 Å². The van der Waals surface area contributed by atoms with Crippen LogP contribution >= 0.6 is 0 Å². The predicted octanol–water partition coefficient (Wildman–Crippen LogP) is 1.45. The van der Waals surface area contributed by atoms with E-state index in [1.807, 2.05) is 34.6 Å². The first-order valence-electron chi connectivity index (χ1n) is 6.95. The molecule has 1 fully saturated rings. The van der Waals surface area contributed by atoms with Crippen LogP contribution < -0.4 is 0 Å². The zero-order valence-corrected chi connectivity index (χ0v) is 12.7. The lowest BCUT2D eigenvalue weighted by atomic mass is 10.0. The van der Waals surface area contributed by atoms with Crippen LogP contribution in [0.5, 0.6) is 0 Å². The van der Waals surface area contributed by atoms with E-state index >= 15 is 0 Å². The third-order valence-electron chi connectivity index (χ3n) is 3.31. The number of rotatable bonds is 6. The molecular formula is C14H28O5. The van der Waals surface area contributed by atoms with Crippen LogP contribution in [0, 0.1) is 0 Å². The summed E-state index contributed by atoms with van der Waals surface area (Å²) in [4.78, 5) is 0. The average Bonchev–Trinajstić information content (AvgIpc) is 2.29. The highest BCUT2D eigenvalue weighted by Gasteiger charge is 2.40. The molecule has 0 aliphatic carbocycles. The molecule has 5 nitrogen and oxygen atoms in total. The second-order valence-corrected chi connectivity index (χ2v) is 6.27. The van der Waals surface area contributed by atoms with E-state index < -0.39 is 18.0 Å². The Bertz CT molecular complexity index is 277. The molecule has 19 heavy (non-hydrogen) atoms. The van der Waals surface area contributed by atoms with Gasteiger partial charge in [0.25, 0.3) is 0 Å². The fourth-order valence-corrected chi connectivity index (χ4v) is 2.36. The summed E-state index contributed by atoms with van der Waals surface area (Å²) in [5.41, 5.74) is -0.353. The van der Waals surface area contributed by atoms with Crippen LogP contribution in [0.3, 0.4) is 0 Å². The van der Waals surface area contributed by atoms with Gasteiger partial charge in [0.05, 0.1) is 18.3 Å². The third kappa shape index (κ3) is 5.36. The maximum atomic E-state index is 9.97. The van der Waals surface area contributed by atoms with E-state index in [1.165, 1.54) is 0 Å². The number of hydrogen-bond donors (Lipinski definition) is 2. The van der Waals surface area contributed by atoms with Gasteiger partial charge in [-0.3, -0.25) is 0 Å². The van der Waals surface area contributed by atoms with Crippen molar-refractivity contribution in [1.29, 1.82) is 0 Å².